The topological polar surface area (TPSA) is 81.7 Å². The molecule has 1 aliphatic rings. The average molecular weight is 419 g/mol. The summed E-state index contributed by atoms with van der Waals surface area (Å²) in [6.45, 7) is -1.92. The Morgan fingerprint density at radius 3 is 2.55 bits per heavy atom. The van der Waals surface area contributed by atoms with Gasteiger partial charge in [-0.1, -0.05) is 0 Å². The highest BCUT2D eigenvalue weighted by Gasteiger charge is 2.15. The molecule has 0 unspecified atom stereocenters. The number of aromatic nitrogens is 1. The van der Waals surface area contributed by atoms with Crippen molar-refractivity contribution in [3.8, 4) is 17.2 Å². The lowest BCUT2D eigenvalue weighted by molar-refractivity contribution is -0.0498. The van der Waals surface area contributed by atoms with Crippen LogP contribution in [0.3, 0.4) is 0 Å². The number of anilines is 3. The third-order valence-electron chi connectivity index (χ3n) is 3.87. The molecule has 29 heavy (non-hydrogen) atoms. The number of fused-ring (bicyclic) bond motifs is 1. The van der Waals surface area contributed by atoms with Gasteiger partial charge in [0.05, 0.1) is 0 Å². The normalized spacial score (nSPS) is 12.5. The molecular weight excluding hydrogens is 404 g/mol. The summed E-state index contributed by atoms with van der Waals surface area (Å²) in [5, 5.41) is 7.88. The molecule has 1 aliphatic heterocycles. The predicted octanol–water partition coefficient (Wildman–Crippen LogP) is 4.51. The number of halogens is 2. The first-order valence-electron chi connectivity index (χ1n) is 8.55. The van der Waals surface area contributed by atoms with Gasteiger partial charge in [0.15, 0.2) is 16.6 Å². The van der Waals surface area contributed by atoms with Crippen LogP contribution >= 0.6 is 11.3 Å². The number of amides is 1. The van der Waals surface area contributed by atoms with E-state index in [2.05, 4.69) is 20.4 Å². The van der Waals surface area contributed by atoms with Crippen molar-refractivity contribution in [2.75, 3.05) is 23.8 Å². The molecule has 2 heterocycles. The molecule has 4 rings (SSSR count). The quantitative estimate of drug-likeness (QED) is 0.612. The van der Waals surface area contributed by atoms with E-state index in [1.807, 2.05) is 0 Å². The Morgan fingerprint density at radius 2 is 1.79 bits per heavy atom. The van der Waals surface area contributed by atoms with Gasteiger partial charge >= 0.3 is 6.61 Å². The first-order valence-corrected chi connectivity index (χ1v) is 9.43. The van der Waals surface area contributed by atoms with Crippen molar-refractivity contribution in [2.24, 2.45) is 0 Å². The van der Waals surface area contributed by atoms with E-state index in [0.717, 1.165) is 0 Å². The Labute approximate surface area is 168 Å². The molecule has 0 radical (unpaired) electrons. The van der Waals surface area contributed by atoms with Gasteiger partial charge in [-0.2, -0.15) is 8.78 Å². The first-order chi connectivity index (χ1) is 14.1. The Morgan fingerprint density at radius 1 is 1.07 bits per heavy atom. The van der Waals surface area contributed by atoms with E-state index >= 15 is 0 Å². The number of rotatable bonds is 6. The number of nitrogens with one attached hydrogen (secondary N) is 2. The minimum atomic E-state index is -2.87. The third-order valence-corrected chi connectivity index (χ3v) is 4.63. The van der Waals surface area contributed by atoms with Crippen LogP contribution in [0.25, 0.3) is 0 Å². The fourth-order valence-electron chi connectivity index (χ4n) is 2.59. The fraction of sp³-hybridized carbons (Fsp3) is 0.158. The highest BCUT2D eigenvalue weighted by molar-refractivity contribution is 7.14. The summed E-state index contributed by atoms with van der Waals surface area (Å²) in [6.07, 6.45) is 0. The van der Waals surface area contributed by atoms with Crippen molar-refractivity contribution < 1.29 is 27.8 Å². The number of thiazole rings is 1. The summed E-state index contributed by atoms with van der Waals surface area (Å²) in [5.41, 5.74) is 1.43. The van der Waals surface area contributed by atoms with Crippen LogP contribution in [0.1, 0.15) is 10.5 Å². The molecule has 0 bridgehead atoms. The van der Waals surface area contributed by atoms with Gasteiger partial charge < -0.3 is 24.8 Å². The van der Waals surface area contributed by atoms with Crippen LogP contribution in [0.5, 0.6) is 17.2 Å². The maximum Gasteiger partial charge on any atom is 0.387 e. The van der Waals surface area contributed by atoms with Crippen molar-refractivity contribution in [3.63, 3.8) is 0 Å². The van der Waals surface area contributed by atoms with Gasteiger partial charge in [-0.3, -0.25) is 4.79 Å². The monoisotopic (exact) mass is 419 g/mol. The number of nitrogens with zero attached hydrogens (tertiary/aromatic N) is 1. The van der Waals surface area contributed by atoms with E-state index in [9.17, 15) is 13.6 Å². The molecule has 1 amide bonds. The lowest BCUT2D eigenvalue weighted by Gasteiger charge is -2.18. The second-order valence-corrected chi connectivity index (χ2v) is 6.74. The van der Waals surface area contributed by atoms with E-state index in [-0.39, 0.29) is 17.4 Å². The molecule has 0 saturated carbocycles. The van der Waals surface area contributed by atoms with E-state index in [4.69, 9.17) is 9.47 Å². The van der Waals surface area contributed by atoms with E-state index in [1.165, 1.54) is 23.5 Å². The molecule has 0 atom stereocenters. The SMILES string of the molecule is O=C(Nc1ccc2c(c1)OCCO2)c1csc(Nc2ccc(OC(F)F)cc2)n1. The fourth-order valence-corrected chi connectivity index (χ4v) is 3.31. The molecule has 7 nitrogen and oxygen atoms in total. The van der Waals surface area contributed by atoms with Gasteiger partial charge in [0, 0.05) is 22.8 Å². The zero-order chi connectivity index (χ0) is 20.2. The maximum atomic E-state index is 12.4. The number of carbonyl (C=O) groups excluding carboxylic acids is 1. The molecule has 10 heteroatoms. The summed E-state index contributed by atoms with van der Waals surface area (Å²) in [6, 6.07) is 11.1. The van der Waals surface area contributed by atoms with Crippen molar-refractivity contribution in [1.82, 2.24) is 4.98 Å². The molecule has 0 saturated heterocycles. The number of carbonyl (C=O) groups is 1. The van der Waals surface area contributed by atoms with E-state index in [1.54, 1.807) is 35.7 Å². The summed E-state index contributed by atoms with van der Waals surface area (Å²) in [7, 11) is 0. The molecule has 150 valence electrons. The Hall–Kier alpha value is -3.40. The summed E-state index contributed by atoms with van der Waals surface area (Å²) < 4.78 is 39.6. The standard InChI is InChI=1S/C19H15F2N3O4S/c20-18(21)28-13-4-1-11(2-5-13)23-19-24-14(10-29-19)17(25)22-12-3-6-15-16(9-12)27-8-7-26-15/h1-6,9-10,18H,7-8H2,(H,22,25)(H,23,24). The molecule has 0 spiro atoms. The number of hydrogen-bond donors (Lipinski definition) is 2. The van der Waals surface area contributed by atoms with E-state index in [0.29, 0.717) is 41.2 Å². The van der Waals surface area contributed by atoms with Gasteiger partial charge in [-0.05, 0) is 36.4 Å². The first kappa shape index (κ1) is 18.9. The Balaban J connectivity index is 1.39. The van der Waals surface area contributed by atoms with Gasteiger partial charge in [0.1, 0.15) is 24.7 Å². The summed E-state index contributed by atoms with van der Waals surface area (Å²) in [4.78, 5) is 16.7. The maximum absolute atomic E-state index is 12.4. The minimum Gasteiger partial charge on any atom is -0.486 e. The predicted molar refractivity (Wildman–Crippen MR) is 104 cm³/mol. The second kappa shape index (κ2) is 8.31. The highest BCUT2D eigenvalue weighted by atomic mass is 32.1. The van der Waals surface area contributed by atoms with Gasteiger partial charge in [-0.25, -0.2) is 4.98 Å². The van der Waals surface area contributed by atoms with Crippen molar-refractivity contribution in [2.45, 2.75) is 6.61 Å². The molecular formula is C19H15F2N3O4S. The highest BCUT2D eigenvalue weighted by Crippen LogP contribution is 2.33. The molecule has 1 aromatic heterocycles. The van der Waals surface area contributed by atoms with Crippen LogP contribution in [0.4, 0.5) is 25.3 Å². The van der Waals surface area contributed by atoms with Crippen molar-refractivity contribution >= 4 is 33.8 Å². The van der Waals surface area contributed by atoms with Crippen molar-refractivity contribution in [1.29, 1.82) is 0 Å². The van der Waals surface area contributed by atoms with Crippen LogP contribution in [0.2, 0.25) is 0 Å². The molecule has 2 aromatic carbocycles. The second-order valence-electron chi connectivity index (χ2n) is 5.88. The average Bonchev–Trinajstić information content (AvgIpc) is 3.18. The smallest absolute Gasteiger partial charge is 0.387 e. The summed E-state index contributed by atoms with van der Waals surface area (Å²) in [5.74, 6) is 0.907. The third kappa shape index (κ3) is 4.72. The van der Waals surface area contributed by atoms with Crippen LogP contribution in [0.15, 0.2) is 47.8 Å². The van der Waals surface area contributed by atoms with Crippen LogP contribution < -0.4 is 24.8 Å². The number of ether oxygens (including phenoxy) is 3. The van der Waals surface area contributed by atoms with E-state index < -0.39 is 6.61 Å². The molecule has 2 N–H and O–H groups in total. The minimum absolute atomic E-state index is 0.0594. The number of benzene rings is 2. The summed E-state index contributed by atoms with van der Waals surface area (Å²) >= 11 is 1.24. The molecule has 3 aromatic rings. The molecule has 0 fully saturated rings. The zero-order valence-corrected chi connectivity index (χ0v) is 15.7. The van der Waals surface area contributed by atoms with Crippen LogP contribution in [-0.4, -0.2) is 30.7 Å². The molecule has 0 aliphatic carbocycles. The Bertz CT molecular complexity index is 1010. The lowest BCUT2D eigenvalue weighted by atomic mass is 10.2. The number of alkyl halides is 2. The Kier molecular flexibility index (Phi) is 5.43. The van der Waals surface area contributed by atoms with Crippen LogP contribution in [-0.2, 0) is 0 Å². The van der Waals surface area contributed by atoms with Crippen molar-refractivity contribution in [3.05, 3.63) is 53.5 Å². The van der Waals surface area contributed by atoms with Gasteiger partial charge in [-0.15, -0.1) is 11.3 Å². The van der Waals surface area contributed by atoms with Crippen LogP contribution in [0, 0.1) is 0 Å². The van der Waals surface area contributed by atoms with Gasteiger partial charge in [0.25, 0.3) is 5.91 Å². The van der Waals surface area contributed by atoms with Gasteiger partial charge in [0.2, 0.25) is 0 Å². The lowest BCUT2D eigenvalue weighted by Crippen LogP contribution is -2.16. The zero-order valence-electron chi connectivity index (χ0n) is 14.9. The largest absolute Gasteiger partial charge is 0.486 e. The number of hydrogen-bond acceptors (Lipinski definition) is 7.